The molecule has 0 spiro atoms. The number of aliphatic carboxylic acids is 1. The van der Waals surface area contributed by atoms with E-state index in [0.717, 1.165) is 23.3 Å². The molecule has 2 aromatic carbocycles. The molecule has 4 rings (SSSR count). The molecule has 11 nitrogen and oxygen atoms in total. The third kappa shape index (κ3) is 12.4. The number of imide groups is 1. The van der Waals surface area contributed by atoms with Gasteiger partial charge < -0.3 is 20.1 Å². The molecule has 1 aliphatic heterocycles. The molecule has 1 aliphatic carbocycles. The molecule has 47 heavy (non-hydrogen) atoms. The van der Waals surface area contributed by atoms with E-state index in [4.69, 9.17) is 20.1 Å². The van der Waals surface area contributed by atoms with Gasteiger partial charge >= 0.3 is 23.9 Å². The van der Waals surface area contributed by atoms with Crippen LogP contribution in [0.25, 0.3) is 6.08 Å². The van der Waals surface area contributed by atoms with Crippen LogP contribution in [0.4, 0.5) is 5.69 Å². The number of anilines is 1. The second kappa shape index (κ2) is 18.4. The first kappa shape index (κ1) is 39.4. The molecular formula is C36H41NO10. The number of ether oxygens (including phenoxy) is 1. The average Bonchev–Trinajstić information content (AvgIpc) is 3.64. The Bertz CT molecular complexity index is 1500. The summed E-state index contributed by atoms with van der Waals surface area (Å²) < 4.78 is 5.58. The fourth-order valence-corrected chi connectivity index (χ4v) is 4.21. The second-order valence-electron chi connectivity index (χ2n) is 11.0. The van der Waals surface area contributed by atoms with Gasteiger partial charge in [-0.3, -0.25) is 9.59 Å². The lowest BCUT2D eigenvalue weighted by atomic mass is 9.88. The molecule has 11 heteroatoms. The van der Waals surface area contributed by atoms with E-state index in [1.165, 1.54) is 56.2 Å². The van der Waals surface area contributed by atoms with E-state index in [1.807, 2.05) is 0 Å². The number of amides is 2. The highest BCUT2D eigenvalue weighted by atomic mass is 16.6. The van der Waals surface area contributed by atoms with Gasteiger partial charge in [0.15, 0.2) is 0 Å². The Morgan fingerprint density at radius 2 is 1.19 bits per heavy atom. The highest BCUT2D eigenvalue weighted by Crippen LogP contribution is 2.39. The maximum absolute atomic E-state index is 11.5. The Balaban J connectivity index is 0.000000329. The number of carbonyl (C=O) groups is 6. The van der Waals surface area contributed by atoms with E-state index < -0.39 is 29.7 Å². The van der Waals surface area contributed by atoms with E-state index in [9.17, 15) is 28.8 Å². The lowest BCUT2D eigenvalue weighted by Gasteiger charge is -2.33. The molecule has 0 saturated heterocycles. The molecule has 0 aromatic heterocycles. The zero-order valence-corrected chi connectivity index (χ0v) is 27.0. The summed E-state index contributed by atoms with van der Waals surface area (Å²) in [6.07, 6.45) is 8.36. The number of carboxylic acids is 3. The van der Waals surface area contributed by atoms with Crippen molar-refractivity contribution in [1.82, 2.24) is 0 Å². The first-order valence-corrected chi connectivity index (χ1v) is 14.6. The molecule has 2 aliphatic rings. The smallest absolute Gasteiger partial charge is 0.335 e. The number of esters is 1. The standard InChI is InChI=1S/C12H20O2.C11H7NO4.C9H8O2.C4H6O2/c1-9(2)11(13)14-12(10(3)4)7-5-6-8-12;13-9-5-6-10(14)12(9)8-3-1-7(2-4-8)11(15)16;1-2-7-3-5-8(6-4-7)9(10)11;1-3(2)4(5)6/h10H,1,5-8H2,2-4H3;1-6H,(H,15,16);2-6H,1H2,(H,10,11);1H2,2H3,(H,5,6). The van der Waals surface area contributed by atoms with Gasteiger partial charge in [-0.2, -0.15) is 0 Å². The summed E-state index contributed by atoms with van der Waals surface area (Å²) in [5, 5.41) is 25.1. The molecule has 0 radical (unpaired) electrons. The van der Waals surface area contributed by atoms with Crippen molar-refractivity contribution in [2.45, 2.75) is 59.0 Å². The van der Waals surface area contributed by atoms with Crippen molar-refractivity contribution < 1.29 is 48.8 Å². The number of carbonyl (C=O) groups excluding carboxylic acids is 3. The largest absolute Gasteiger partial charge is 0.478 e. The van der Waals surface area contributed by atoms with Crippen LogP contribution in [0.1, 0.15) is 79.7 Å². The summed E-state index contributed by atoms with van der Waals surface area (Å²) in [6.45, 7) is 17.7. The second-order valence-corrected chi connectivity index (χ2v) is 11.0. The number of hydrogen-bond acceptors (Lipinski definition) is 7. The highest BCUT2D eigenvalue weighted by Gasteiger charge is 2.40. The van der Waals surface area contributed by atoms with E-state index >= 15 is 0 Å². The van der Waals surface area contributed by atoms with E-state index in [1.54, 1.807) is 37.3 Å². The molecule has 1 fully saturated rings. The summed E-state index contributed by atoms with van der Waals surface area (Å²) in [6, 6.07) is 12.1. The van der Waals surface area contributed by atoms with Crippen molar-refractivity contribution in [3.8, 4) is 0 Å². The first-order valence-electron chi connectivity index (χ1n) is 14.6. The summed E-state index contributed by atoms with van der Waals surface area (Å²) in [5.74, 6) is -3.57. The number of nitrogens with zero attached hydrogens (tertiary/aromatic N) is 1. The van der Waals surface area contributed by atoms with Crippen LogP contribution < -0.4 is 4.90 Å². The molecule has 2 amide bonds. The topological polar surface area (TPSA) is 176 Å². The predicted octanol–water partition coefficient (Wildman–Crippen LogP) is 6.56. The van der Waals surface area contributed by atoms with Crippen LogP contribution in [0.5, 0.6) is 0 Å². The van der Waals surface area contributed by atoms with Crippen LogP contribution in [-0.2, 0) is 23.9 Å². The van der Waals surface area contributed by atoms with Gasteiger partial charge in [-0.05, 0) is 87.4 Å². The van der Waals surface area contributed by atoms with Gasteiger partial charge in [-0.25, -0.2) is 24.1 Å². The lowest BCUT2D eigenvalue weighted by molar-refractivity contribution is -0.159. The zero-order valence-electron chi connectivity index (χ0n) is 27.0. The highest BCUT2D eigenvalue weighted by molar-refractivity contribution is 6.28. The van der Waals surface area contributed by atoms with Crippen molar-refractivity contribution >= 4 is 47.5 Å². The van der Waals surface area contributed by atoms with E-state index in [2.05, 4.69) is 33.6 Å². The molecule has 0 bridgehead atoms. The van der Waals surface area contributed by atoms with Crippen LogP contribution in [0.2, 0.25) is 0 Å². The third-order valence-electron chi connectivity index (χ3n) is 7.09. The Kier molecular flexibility index (Phi) is 15.4. The number of rotatable bonds is 8. The third-order valence-corrected chi connectivity index (χ3v) is 7.09. The van der Waals surface area contributed by atoms with E-state index in [-0.39, 0.29) is 22.7 Å². The van der Waals surface area contributed by atoms with Gasteiger partial charge in [0.1, 0.15) is 5.60 Å². The Hall–Kier alpha value is -5.58. The number of aromatic carboxylic acids is 2. The van der Waals surface area contributed by atoms with Crippen molar-refractivity contribution in [2.75, 3.05) is 4.90 Å². The SMILES string of the molecule is C=C(C)C(=O)O.C=C(C)C(=O)OC1(C(C)C)CCCC1.C=Cc1ccc(C(=O)O)cc1.O=C(O)c1ccc(N2C(=O)C=CC2=O)cc1. The summed E-state index contributed by atoms with van der Waals surface area (Å²) >= 11 is 0. The normalized spacial score (nSPS) is 13.9. The van der Waals surface area contributed by atoms with Crippen LogP contribution in [0, 0.1) is 5.92 Å². The average molecular weight is 648 g/mol. The minimum Gasteiger partial charge on any atom is -0.478 e. The van der Waals surface area contributed by atoms with E-state index in [0.29, 0.717) is 22.7 Å². The predicted molar refractivity (Wildman–Crippen MR) is 178 cm³/mol. The first-order chi connectivity index (χ1) is 21.9. The van der Waals surface area contributed by atoms with Gasteiger partial charge in [0, 0.05) is 23.3 Å². The Labute approximate surface area is 274 Å². The van der Waals surface area contributed by atoms with Crippen LogP contribution in [0.15, 0.2) is 91.6 Å². The fraction of sp³-hybridized carbons (Fsp3) is 0.278. The molecule has 250 valence electrons. The van der Waals surface area contributed by atoms with Gasteiger partial charge in [0.05, 0.1) is 16.8 Å². The number of carboxylic acid groups (broad SMARTS) is 3. The van der Waals surface area contributed by atoms with Crippen molar-refractivity contribution in [1.29, 1.82) is 0 Å². The Morgan fingerprint density at radius 3 is 1.51 bits per heavy atom. The molecule has 1 heterocycles. The monoisotopic (exact) mass is 647 g/mol. The zero-order chi connectivity index (χ0) is 35.9. The van der Waals surface area contributed by atoms with Gasteiger partial charge in [0.2, 0.25) is 0 Å². The molecule has 2 aromatic rings. The quantitative estimate of drug-likeness (QED) is 0.162. The van der Waals surface area contributed by atoms with Crippen LogP contribution in [-0.4, -0.2) is 56.6 Å². The molecular weight excluding hydrogens is 606 g/mol. The summed E-state index contributed by atoms with van der Waals surface area (Å²) in [7, 11) is 0. The van der Waals surface area contributed by atoms with Crippen LogP contribution in [0.3, 0.4) is 0 Å². The van der Waals surface area contributed by atoms with Gasteiger partial charge in [0.25, 0.3) is 11.8 Å². The van der Waals surface area contributed by atoms with Gasteiger partial charge in [-0.1, -0.05) is 51.8 Å². The van der Waals surface area contributed by atoms with Gasteiger partial charge in [-0.15, -0.1) is 0 Å². The van der Waals surface area contributed by atoms with Crippen LogP contribution >= 0.6 is 0 Å². The van der Waals surface area contributed by atoms with Crippen molar-refractivity contribution in [3.05, 3.63) is 108 Å². The fourth-order valence-electron chi connectivity index (χ4n) is 4.21. The molecule has 0 atom stereocenters. The summed E-state index contributed by atoms with van der Waals surface area (Å²) in [5.41, 5.74) is 2.16. The van der Waals surface area contributed by atoms with Crippen molar-refractivity contribution in [3.63, 3.8) is 0 Å². The minimum atomic E-state index is -1.05. The molecule has 0 unspecified atom stereocenters. The molecule has 1 saturated carbocycles. The van der Waals surface area contributed by atoms with Crippen molar-refractivity contribution in [2.24, 2.45) is 5.92 Å². The maximum atomic E-state index is 11.5. The number of benzene rings is 2. The summed E-state index contributed by atoms with van der Waals surface area (Å²) in [4.78, 5) is 65.7. The maximum Gasteiger partial charge on any atom is 0.335 e. The minimum absolute atomic E-state index is 0.107. The molecule has 3 N–H and O–H groups in total. The Morgan fingerprint density at radius 1 is 0.787 bits per heavy atom. The lowest BCUT2D eigenvalue weighted by Crippen LogP contribution is -2.37. The number of hydrogen-bond donors (Lipinski definition) is 3.